The van der Waals surface area contributed by atoms with Crippen molar-refractivity contribution in [3.8, 4) is 0 Å². The Hall–Kier alpha value is -1.82. The van der Waals surface area contributed by atoms with Crippen molar-refractivity contribution in [2.45, 2.75) is 18.8 Å². The highest BCUT2D eigenvalue weighted by atomic mass is 32.1. The molecule has 0 spiro atoms. The van der Waals surface area contributed by atoms with Crippen molar-refractivity contribution in [3.63, 3.8) is 0 Å². The normalized spacial score (nSPS) is 14.0. The van der Waals surface area contributed by atoms with Gasteiger partial charge in [-0.15, -0.1) is 11.3 Å². The highest BCUT2D eigenvalue weighted by molar-refractivity contribution is 7.18. The van der Waals surface area contributed by atoms with Crippen LogP contribution in [-0.4, -0.2) is 23.8 Å². The van der Waals surface area contributed by atoms with Crippen LogP contribution in [0.5, 0.6) is 0 Å². The Bertz CT molecular complexity index is 490. The number of aromatic carboxylic acids is 1. The zero-order valence-electron chi connectivity index (χ0n) is 9.64. The maximum Gasteiger partial charge on any atom is 0.412 e. The summed E-state index contributed by atoms with van der Waals surface area (Å²) in [5, 5.41) is 12.1. The van der Waals surface area contributed by atoms with Crippen LogP contribution in [0.3, 0.4) is 0 Å². The van der Waals surface area contributed by atoms with Crippen molar-refractivity contribution in [2.75, 3.05) is 11.9 Å². The monoisotopic (exact) mass is 267 g/mol. The van der Waals surface area contributed by atoms with Crippen LogP contribution in [0, 0.1) is 0 Å². The topological polar surface area (TPSA) is 75.6 Å². The van der Waals surface area contributed by atoms with Gasteiger partial charge in [-0.25, -0.2) is 9.59 Å². The van der Waals surface area contributed by atoms with E-state index >= 15 is 0 Å². The van der Waals surface area contributed by atoms with Crippen molar-refractivity contribution in [3.05, 3.63) is 29.2 Å². The van der Waals surface area contributed by atoms with Crippen LogP contribution in [0.25, 0.3) is 0 Å². The Kier molecular flexibility index (Phi) is 3.66. The fourth-order valence-corrected chi connectivity index (χ4v) is 2.57. The number of carbonyl (C=O) groups excluding carboxylic acids is 1. The van der Waals surface area contributed by atoms with Gasteiger partial charge in [0, 0.05) is 0 Å². The average Bonchev–Trinajstić information content (AvgIpc) is 3.08. The van der Waals surface area contributed by atoms with Crippen molar-refractivity contribution >= 4 is 28.4 Å². The van der Waals surface area contributed by atoms with E-state index in [2.05, 4.69) is 11.9 Å². The van der Waals surface area contributed by atoms with Gasteiger partial charge in [0.2, 0.25) is 0 Å². The number of hydrogen-bond acceptors (Lipinski definition) is 4. The second-order valence-corrected chi connectivity index (χ2v) is 5.04. The maximum atomic E-state index is 11.3. The number of nitrogens with one attached hydrogen (secondary N) is 1. The van der Waals surface area contributed by atoms with E-state index < -0.39 is 12.1 Å². The summed E-state index contributed by atoms with van der Waals surface area (Å²) in [7, 11) is 0. The lowest BCUT2D eigenvalue weighted by molar-refractivity contribution is 0.0701. The minimum Gasteiger partial charge on any atom is -0.477 e. The first kappa shape index (κ1) is 12.6. The third-order valence-corrected chi connectivity index (χ3v) is 3.58. The minimum atomic E-state index is -0.950. The van der Waals surface area contributed by atoms with Crippen LogP contribution in [0.1, 0.15) is 34.0 Å². The molecule has 0 aromatic carbocycles. The molecule has 1 aromatic rings. The smallest absolute Gasteiger partial charge is 0.412 e. The number of carboxylic acids is 1. The van der Waals surface area contributed by atoms with Gasteiger partial charge in [-0.1, -0.05) is 12.7 Å². The Balaban J connectivity index is 2.09. The lowest BCUT2D eigenvalue weighted by atomic mass is 10.1. The fraction of sp³-hybridized carbons (Fsp3) is 0.333. The van der Waals surface area contributed by atoms with Crippen LogP contribution in [0.4, 0.5) is 9.80 Å². The largest absolute Gasteiger partial charge is 0.477 e. The number of amides is 1. The van der Waals surface area contributed by atoms with Gasteiger partial charge in [0.1, 0.15) is 11.5 Å². The van der Waals surface area contributed by atoms with Gasteiger partial charge >= 0.3 is 12.1 Å². The van der Waals surface area contributed by atoms with Gasteiger partial charge < -0.3 is 9.84 Å². The first-order chi connectivity index (χ1) is 8.61. The molecule has 5 nitrogen and oxygen atoms in total. The van der Waals surface area contributed by atoms with Gasteiger partial charge in [0.25, 0.3) is 0 Å². The van der Waals surface area contributed by atoms with Gasteiger partial charge in [-0.2, -0.15) is 0 Å². The summed E-state index contributed by atoms with van der Waals surface area (Å²) < 4.78 is 4.77. The quantitative estimate of drug-likeness (QED) is 0.804. The van der Waals surface area contributed by atoms with E-state index in [0.29, 0.717) is 15.8 Å². The number of carbonyl (C=O) groups is 2. The average molecular weight is 267 g/mol. The molecule has 0 bridgehead atoms. The number of carboxylic acid groups (broad SMARTS) is 1. The lowest BCUT2D eigenvalue weighted by Crippen LogP contribution is -2.12. The molecule has 0 unspecified atom stereocenters. The zero-order chi connectivity index (χ0) is 13.1. The van der Waals surface area contributed by atoms with Crippen LogP contribution >= 0.6 is 11.3 Å². The molecule has 2 rings (SSSR count). The molecule has 0 aliphatic heterocycles. The molecule has 1 aliphatic carbocycles. The number of anilines is 1. The Morgan fingerprint density at radius 1 is 1.61 bits per heavy atom. The Labute approximate surface area is 108 Å². The first-order valence-corrected chi connectivity index (χ1v) is 6.35. The van der Waals surface area contributed by atoms with E-state index in [1.54, 1.807) is 6.07 Å². The summed E-state index contributed by atoms with van der Waals surface area (Å²) in [6.07, 6.45) is 2.89. The second kappa shape index (κ2) is 5.22. The molecule has 0 atom stereocenters. The second-order valence-electron chi connectivity index (χ2n) is 3.99. The Morgan fingerprint density at radius 3 is 2.89 bits per heavy atom. The Morgan fingerprint density at radius 2 is 2.33 bits per heavy atom. The van der Waals surface area contributed by atoms with Crippen molar-refractivity contribution in [2.24, 2.45) is 0 Å². The van der Waals surface area contributed by atoms with Gasteiger partial charge in [0.05, 0.1) is 5.00 Å². The zero-order valence-corrected chi connectivity index (χ0v) is 10.5. The minimum absolute atomic E-state index is 0.123. The standard InChI is InChI=1S/C12H13NO4S/c1-2-5-17-12(16)13-9-6-8(7-3-4-7)10(18-9)11(14)15/h2,6-7H,1,3-5H2,(H,13,16)(H,14,15). The molecule has 1 heterocycles. The van der Waals surface area contributed by atoms with Crippen LogP contribution in [0.2, 0.25) is 0 Å². The first-order valence-electron chi connectivity index (χ1n) is 5.53. The summed E-state index contributed by atoms with van der Waals surface area (Å²) >= 11 is 1.06. The molecule has 0 saturated heterocycles. The van der Waals surface area contributed by atoms with E-state index in [-0.39, 0.29) is 6.61 Å². The summed E-state index contributed by atoms with van der Waals surface area (Å²) in [5.41, 5.74) is 0.812. The predicted octanol–water partition coefficient (Wildman–Crippen LogP) is 3.06. The molecular weight excluding hydrogens is 254 g/mol. The highest BCUT2D eigenvalue weighted by Crippen LogP contribution is 2.45. The summed E-state index contributed by atoms with van der Waals surface area (Å²) in [5.74, 6) is -0.624. The third-order valence-electron chi connectivity index (χ3n) is 2.53. The van der Waals surface area contributed by atoms with Crippen LogP contribution in [-0.2, 0) is 4.74 Å². The van der Waals surface area contributed by atoms with E-state index in [4.69, 9.17) is 9.84 Å². The third kappa shape index (κ3) is 2.89. The number of hydrogen-bond donors (Lipinski definition) is 2. The highest BCUT2D eigenvalue weighted by Gasteiger charge is 2.30. The molecule has 2 N–H and O–H groups in total. The van der Waals surface area contributed by atoms with Gasteiger partial charge in [-0.3, -0.25) is 5.32 Å². The number of ether oxygens (including phenoxy) is 1. The molecule has 1 fully saturated rings. The molecule has 0 radical (unpaired) electrons. The number of rotatable bonds is 5. The molecule has 18 heavy (non-hydrogen) atoms. The van der Waals surface area contributed by atoms with Crippen LogP contribution in [0.15, 0.2) is 18.7 Å². The maximum absolute atomic E-state index is 11.3. The van der Waals surface area contributed by atoms with Gasteiger partial charge in [-0.05, 0) is 30.4 Å². The SMILES string of the molecule is C=CCOC(=O)Nc1cc(C2CC2)c(C(=O)O)s1. The number of thiophene rings is 1. The molecule has 1 amide bonds. The molecule has 1 saturated carbocycles. The van der Waals surface area contributed by atoms with E-state index in [1.165, 1.54) is 6.08 Å². The lowest BCUT2D eigenvalue weighted by Gasteiger charge is -2.01. The van der Waals surface area contributed by atoms with Crippen molar-refractivity contribution < 1.29 is 19.4 Å². The summed E-state index contributed by atoms with van der Waals surface area (Å²) in [4.78, 5) is 22.7. The molecule has 6 heteroatoms. The summed E-state index contributed by atoms with van der Waals surface area (Å²) in [6, 6.07) is 1.72. The fourth-order valence-electron chi connectivity index (χ4n) is 1.60. The predicted molar refractivity (Wildman–Crippen MR) is 68.4 cm³/mol. The van der Waals surface area contributed by atoms with Crippen LogP contribution < -0.4 is 5.32 Å². The molecule has 1 aromatic heterocycles. The van der Waals surface area contributed by atoms with E-state index in [9.17, 15) is 9.59 Å². The van der Waals surface area contributed by atoms with Gasteiger partial charge in [0.15, 0.2) is 0 Å². The van der Waals surface area contributed by atoms with Crippen molar-refractivity contribution in [1.82, 2.24) is 0 Å². The van der Waals surface area contributed by atoms with E-state index in [0.717, 1.165) is 29.7 Å². The molecule has 96 valence electrons. The molecule has 1 aliphatic rings. The van der Waals surface area contributed by atoms with E-state index in [1.807, 2.05) is 0 Å². The molecular formula is C12H13NO4S. The summed E-state index contributed by atoms with van der Waals surface area (Å²) in [6.45, 7) is 3.56. The van der Waals surface area contributed by atoms with Crippen molar-refractivity contribution in [1.29, 1.82) is 0 Å².